The predicted octanol–water partition coefficient (Wildman–Crippen LogP) is 2.25. The predicted molar refractivity (Wildman–Crippen MR) is 78.8 cm³/mol. The zero-order valence-corrected chi connectivity index (χ0v) is 11.3. The van der Waals surface area contributed by atoms with E-state index in [1.165, 1.54) is 0 Å². The van der Waals surface area contributed by atoms with E-state index in [0.29, 0.717) is 18.2 Å². The Morgan fingerprint density at radius 3 is 3.00 bits per heavy atom. The Balaban J connectivity index is 2.18. The minimum absolute atomic E-state index is 0.244. The lowest BCUT2D eigenvalue weighted by molar-refractivity contribution is 0.340. The van der Waals surface area contributed by atoms with Crippen LogP contribution in [-0.2, 0) is 0 Å². The van der Waals surface area contributed by atoms with Crippen molar-refractivity contribution in [3.8, 4) is 5.75 Å². The smallest absolute Gasteiger partial charge is 0.227 e. The Hall–Kier alpha value is -2.21. The number of thiocarbonyl (C=S) groups is 1. The second kappa shape index (κ2) is 6.10. The van der Waals surface area contributed by atoms with E-state index in [4.69, 9.17) is 22.7 Å². The highest BCUT2D eigenvalue weighted by Gasteiger charge is 2.03. The van der Waals surface area contributed by atoms with Gasteiger partial charge in [-0.05, 0) is 25.1 Å². The lowest BCUT2D eigenvalue weighted by Gasteiger charge is -2.08. The molecule has 0 aliphatic rings. The average Bonchev–Trinajstić information content (AvgIpc) is 2.40. The molecule has 0 bridgehead atoms. The van der Waals surface area contributed by atoms with Crippen molar-refractivity contribution in [2.45, 2.75) is 6.92 Å². The quantitative estimate of drug-likeness (QED) is 0.815. The second-order valence-electron chi connectivity index (χ2n) is 3.72. The number of hydrogen-bond acceptors (Lipinski definition) is 5. The van der Waals surface area contributed by atoms with Crippen LogP contribution in [0.3, 0.4) is 0 Å². The molecule has 0 saturated carbocycles. The highest BCUT2D eigenvalue weighted by atomic mass is 32.1. The van der Waals surface area contributed by atoms with Crippen molar-refractivity contribution in [3.05, 3.63) is 42.2 Å². The first-order valence-electron chi connectivity index (χ1n) is 5.82. The van der Waals surface area contributed by atoms with Crippen LogP contribution in [0, 0.1) is 0 Å². The molecular weight excluding hydrogens is 260 g/mol. The highest BCUT2D eigenvalue weighted by Crippen LogP contribution is 2.19. The van der Waals surface area contributed by atoms with Crippen LogP contribution >= 0.6 is 12.2 Å². The zero-order valence-electron chi connectivity index (χ0n) is 10.5. The topological polar surface area (TPSA) is 73.1 Å². The Morgan fingerprint density at radius 2 is 2.26 bits per heavy atom. The fourth-order valence-corrected chi connectivity index (χ4v) is 1.63. The molecule has 2 aromatic rings. The lowest BCUT2D eigenvalue weighted by atomic mass is 10.3. The van der Waals surface area contributed by atoms with E-state index in [2.05, 4.69) is 15.3 Å². The number of nitrogens with one attached hydrogen (secondary N) is 1. The van der Waals surface area contributed by atoms with Crippen molar-refractivity contribution in [2.75, 3.05) is 11.9 Å². The van der Waals surface area contributed by atoms with Crippen molar-refractivity contribution in [2.24, 2.45) is 5.73 Å². The maximum Gasteiger partial charge on any atom is 0.227 e. The van der Waals surface area contributed by atoms with Gasteiger partial charge in [0.1, 0.15) is 16.4 Å². The van der Waals surface area contributed by atoms with Crippen LogP contribution in [0.15, 0.2) is 36.5 Å². The van der Waals surface area contributed by atoms with Crippen LogP contribution in [0.25, 0.3) is 0 Å². The monoisotopic (exact) mass is 274 g/mol. The van der Waals surface area contributed by atoms with Gasteiger partial charge < -0.3 is 15.8 Å². The van der Waals surface area contributed by atoms with E-state index < -0.39 is 0 Å². The third-order valence-electron chi connectivity index (χ3n) is 2.31. The number of nitrogens with two attached hydrogens (primary N) is 1. The molecule has 3 N–H and O–H groups in total. The zero-order chi connectivity index (χ0) is 13.7. The van der Waals surface area contributed by atoms with Crippen LogP contribution in [0.1, 0.15) is 12.6 Å². The number of nitrogens with zero attached hydrogens (tertiary/aromatic N) is 2. The molecule has 0 fully saturated rings. The molecule has 0 atom stereocenters. The first kappa shape index (κ1) is 13.2. The molecule has 5 nitrogen and oxygen atoms in total. The molecule has 0 unspecified atom stereocenters. The van der Waals surface area contributed by atoms with Crippen LogP contribution < -0.4 is 15.8 Å². The lowest BCUT2D eigenvalue weighted by Crippen LogP contribution is -2.12. The van der Waals surface area contributed by atoms with Gasteiger partial charge in [0.05, 0.1) is 6.61 Å². The Kier molecular flexibility index (Phi) is 4.25. The van der Waals surface area contributed by atoms with Gasteiger partial charge in [0, 0.05) is 18.0 Å². The summed E-state index contributed by atoms with van der Waals surface area (Å²) in [6.07, 6.45) is 1.61. The highest BCUT2D eigenvalue weighted by molar-refractivity contribution is 7.80. The number of rotatable bonds is 5. The van der Waals surface area contributed by atoms with E-state index in [9.17, 15) is 0 Å². The summed E-state index contributed by atoms with van der Waals surface area (Å²) in [7, 11) is 0. The second-order valence-corrected chi connectivity index (χ2v) is 4.16. The van der Waals surface area contributed by atoms with Crippen molar-refractivity contribution in [1.82, 2.24) is 9.97 Å². The van der Waals surface area contributed by atoms with Gasteiger partial charge in [0.25, 0.3) is 0 Å². The molecule has 0 radical (unpaired) electrons. The first-order valence-corrected chi connectivity index (χ1v) is 6.22. The molecule has 1 aromatic carbocycles. The summed E-state index contributed by atoms with van der Waals surface area (Å²) in [4.78, 5) is 8.57. The summed E-state index contributed by atoms with van der Waals surface area (Å²) in [5, 5.41) is 3.08. The number of hydrogen-bond donors (Lipinski definition) is 2. The summed E-state index contributed by atoms with van der Waals surface area (Å²) >= 11 is 4.88. The van der Waals surface area contributed by atoms with Crippen molar-refractivity contribution in [1.29, 1.82) is 0 Å². The minimum atomic E-state index is 0.244. The molecule has 19 heavy (non-hydrogen) atoms. The molecule has 1 aromatic heterocycles. The van der Waals surface area contributed by atoms with E-state index in [1.54, 1.807) is 12.3 Å². The van der Waals surface area contributed by atoms with E-state index >= 15 is 0 Å². The average molecular weight is 274 g/mol. The molecule has 0 aliphatic carbocycles. The largest absolute Gasteiger partial charge is 0.494 e. The Morgan fingerprint density at radius 1 is 1.42 bits per heavy atom. The molecule has 6 heteroatoms. The minimum Gasteiger partial charge on any atom is -0.494 e. The number of aromatic nitrogens is 2. The van der Waals surface area contributed by atoms with Crippen molar-refractivity contribution in [3.63, 3.8) is 0 Å². The first-order chi connectivity index (χ1) is 9.19. The fourth-order valence-electron chi connectivity index (χ4n) is 1.52. The number of benzene rings is 1. The normalized spacial score (nSPS) is 9.95. The van der Waals surface area contributed by atoms with Crippen molar-refractivity contribution >= 4 is 28.8 Å². The molecule has 0 amide bonds. The maximum atomic E-state index is 5.53. The molecule has 2 rings (SSSR count). The summed E-state index contributed by atoms with van der Waals surface area (Å²) < 4.78 is 5.42. The van der Waals surface area contributed by atoms with Gasteiger partial charge in [0.2, 0.25) is 5.95 Å². The molecule has 0 saturated heterocycles. The fraction of sp³-hybridized carbons (Fsp3) is 0.154. The van der Waals surface area contributed by atoms with Gasteiger partial charge in [-0.15, -0.1) is 0 Å². The SMILES string of the molecule is CCOc1cccc(Nc2nccc(C(N)=S)n2)c1. The third kappa shape index (κ3) is 3.62. The maximum absolute atomic E-state index is 5.53. The number of ether oxygens (including phenoxy) is 1. The van der Waals surface area contributed by atoms with Gasteiger partial charge in [-0.2, -0.15) is 0 Å². The van der Waals surface area contributed by atoms with Crippen LogP contribution in [0.5, 0.6) is 5.75 Å². The van der Waals surface area contributed by atoms with Crippen LogP contribution in [0.4, 0.5) is 11.6 Å². The van der Waals surface area contributed by atoms with Gasteiger partial charge in [-0.1, -0.05) is 18.3 Å². The Labute approximate surface area is 116 Å². The van der Waals surface area contributed by atoms with Crippen LogP contribution in [0.2, 0.25) is 0 Å². The van der Waals surface area contributed by atoms with E-state index in [-0.39, 0.29) is 4.99 Å². The molecule has 98 valence electrons. The van der Waals surface area contributed by atoms with Gasteiger partial charge in [-0.3, -0.25) is 0 Å². The summed E-state index contributed by atoms with van der Waals surface area (Å²) in [5.74, 6) is 1.23. The van der Waals surface area contributed by atoms with Gasteiger partial charge >= 0.3 is 0 Å². The molecular formula is C13H14N4OS. The van der Waals surface area contributed by atoms with E-state index in [1.807, 2.05) is 31.2 Å². The number of anilines is 2. The molecule has 1 heterocycles. The summed E-state index contributed by atoms with van der Waals surface area (Å²) in [6.45, 7) is 2.56. The van der Waals surface area contributed by atoms with E-state index in [0.717, 1.165) is 11.4 Å². The van der Waals surface area contributed by atoms with Crippen LogP contribution in [-0.4, -0.2) is 21.6 Å². The van der Waals surface area contributed by atoms with Gasteiger partial charge in [-0.25, -0.2) is 9.97 Å². The molecule has 0 aliphatic heterocycles. The molecule has 0 spiro atoms. The summed E-state index contributed by atoms with van der Waals surface area (Å²) in [6, 6.07) is 9.23. The Bertz CT molecular complexity index is 588. The third-order valence-corrected chi connectivity index (χ3v) is 2.52. The van der Waals surface area contributed by atoms with Crippen molar-refractivity contribution < 1.29 is 4.74 Å². The van der Waals surface area contributed by atoms with Gasteiger partial charge in [0.15, 0.2) is 0 Å². The summed E-state index contributed by atoms with van der Waals surface area (Å²) in [5.41, 5.74) is 6.91. The standard InChI is InChI=1S/C13H14N4OS/c1-2-18-10-5-3-4-9(8-10)16-13-15-7-6-11(17-13)12(14)19/h3-8H,2H2,1H3,(H2,14,19)(H,15,16,17).